The highest BCUT2D eigenvalue weighted by Gasteiger charge is 2.21. The topological polar surface area (TPSA) is 144 Å². The van der Waals surface area contributed by atoms with E-state index in [4.69, 9.17) is 4.74 Å². The third-order valence-corrected chi connectivity index (χ3v) is 6.54. The van der Waals surface area contributed by atoms with E-state index in [1.165, 1.54) is 28.9 Å². The van der Waals surface area contributed by atoms with Crippen LogP contribution < -0.4 is 10.0 Å². The molecular weight excluding hydrogens is 460 g/mol. The number of nitrogens with one attached hydrogen (secondary N) is 2. The Morgan fingerprint density at radius 3 is 2.88 bits per heavy atom. The second-order valence-corrected chi connectivity index (χ2v) is 9.43. The summed E-state index contributed by atoms with van der Waals surface area (Å²) in [6.07, 6.45) is 6.57. The molecule has 0 bridgehead atoms. The summed E-state index contributed by atoms with van der Waals surface area (Å²) in [6.45, 7) is 1.68. The molecule has 1 amide bonds. The normalized spacial score (nSPS) is 14.2. The average molecular weight is 485 g/mol. The lowest BCUT2D eigenvalue weighted by molar-refractivity contribution is -0.119. The van der Waals surface area contributed by atoms with Gasteiger partial charge in [0.2, 0.25) is 0 Å². The highest BCUT2D eigenvalue weighted by atomic mass is 32.2. The first-order valence-electron chi connectivity index (χ1n) is 10.8. The Balaban J connectivity index is 1.39. The Labute approximate surface area is 196 Å². The molecule has 34 heavy (non-hydrogen) atoms. The third-order valence-electron chi connectivity index (χ3n) is 5.16. The van der Waals surface area contributed by atoms with Crippen molar-refractivity contribution in [1.82, 2.24) is 19.3 Å². The molecule has 0 radical (unpaired) electrons. The molecule has 2 aromatic heterocycles. The molecule has 12 heteroatoms. The second-order valence-electron chi connectivity index (χ2n) is 7.74. The van der Waals surface area contributed by atoms with Crippen molar-refractivity contribution in [2.24, 2.45) is 4.99 Å². The fourth-order valence-electron chi connectivity index (χ4n) is 3.55. The summed E-state index contributed by atoms with van der Waals surface area (Å²) in [7, 11) is -3.85. The van der Waals surface area contributed by atoms with Gasteiger partial charge in [-0.05, 0) is 44.0 Å². The molecule has 1 aliphatic rings. The molecule has 0 saturated carbocycles. The standard InChI is InChI=1S/C22H24N6O5S/c1-15-20(21-24-11-6-12-28(21)26-15)22(30)33-14-19(29)25-16-7-5-8-17(13-16)34(31,32)27-18-9-3-2-4-10-23-18/h5-8,11-13H,2-4,9-10,14H2,1H3,(H,23,27)(H,25,29). The molecule has 0 aliphatic carbocycles. The fourth-order valence-corrected chi connectivity index (χ4v) is 4.68. The molecule has 3 heterocycles. The van der Waals surface area contributed by atoms with E-state index < -0.39 is 28.5 Å². The molecule has 1 aromatic carbocycles. The van der Waals surface area contributed by atoms with E-state index in [9.17, 15) is 18.0 Å². The van der Waals surface area contributed by atoms with Crippen LogP contribution in [0.15, 0.2) is 52.6 Å². The number of sulfonamides is 1. The van der Waals surface area contributed by atoms with Crippen LogP contribution in [0.25, 0.3) is 5.65 Å². The summed E-state index contributed by atoms with van der Waals surface area (Å²) in [4.78, 5) is 33.2. The van der Waals surface area contributed by atoms with Crippen molar-refractivity contribution >= 4 is 39.1 Å². The van der Waals surface area contributed by atoms with Crippen LogP contribution in [0.2, 0.25) is 0 Å². The largest absolute Gasteiger partial charge is 0.452 e. The number of aryl methyl sites for hydroxylation is 1. The van der Waals surface area contributed by atoms with E-state index in [-0.39, 0.29) is 16.1 Å². The molecule has 0 spiro atoms. The number of hydrogen-bond donors (Lipinski definition) is 2. The van der Waals surface area contributed by atoms with E-state index in [1.807, 2.05) is 0 Å². The summed E-state index contributed by atoms with van der Waals surface area (Å²) in [5.41, 5.74) is 1.18. The first-order valence-corrected chi connectivity index (χ1v) is 12.2. The smallest absolute Gasteiger partial charge is 0.344 e. The maximum atomic E-state index is 12.7. The lowest BCUT2D eigenvalue weighted by atomic mass is 10.2. The predicted molar refractivity (Wildman–Crippen MR) is 124 cm³/mol. The molecular formula is C22H24N6O5S. The summed E-state index contributed by atoms with van der Waals surface area (Å²) < 4.78 is 34.6. The number of hydrogen-bond acceptors (Lipinski definition) is 8. The van der Waals surface area contributed by atoms with Crippen LogP contribution >= 0.6 is 0 Å². The molecule has 2 N–H and O–H groups in total. The Kier molecular flexibility index (Phi) is 6.87. The summed E-state index contributed by atoms with van der Waals surface area (Å²) in [5.74, 6) is -0.909. The zero-order valence-corrected chi connectivity index (χ0v) is 19.3. The van der Waals surface area contributed by atoms with Crippen molar-refractivity contribution in [3.05, 3.63) is 54.0 Å². The van der Waals surface area contributed by atoms with Crippen LogP contribution in [0.4, 0.5) is 5.69 Å². The van der Waals surface area contributed by atoms with Gasteiger partial charge in [0.25, 0.3) is 15.9 Å². The molecule has 0 saturated heterocycles. The van der Waals surface area contributed by atoms with Gasteiger partial charge in [-0.25, -0.2) is 22.7 Å². The summed E-state index contributed by atoms with van der Waals surface area (Å²) in [6, 6.07) is 7.49. The molecule has 3 aromatic rings. The molecule has 0 atom stereocenters. The van der Waals surface area contributed by atoms with Crippen LogP contribution in [0.3, 0.4) is 0 Å². The van der Waals surface area contributed by atoms with Gasteiger partial charge in [0, 0.05) is 31.0 Å². The van der Waals surface area contributed by atoms with Gasteiger partial charge in [0.15, 0.2) is 12.3 Å². The number of carbonyl (C=O) groups is 2. The van der Waals surface area contributed by atoms with Gasteiger partial charge < -0.3 is 10.1 Å². The maximum absolute atomic E-state index is 12.7. The molecule has 0 fully saturated rings. The number of nitrogens with zero attached hydrogens (tertiary/aromatic N) is 4. The van der Waals surface area contributed by atoms with E-state index in [0.29, 0.717) is 30.1 Å². The Morgan fingerprint density at radius 1 is 1.18 bits per heavy atom. The van der Waals surface area contributed by atoms with Crippen molar-refractivity contribution in [1.29, 1.82) is 0 Å². The number of aliphatic imine (C=N–C) groups is 1. The summed E-state index contributed by atoms with van der Waals surface area (Å²) in [5, 5.41) is 6.74. The number of anilines is 1. The fraction of sp³-hybridized carbons (Fsp3) is 0.318. The zero-order chi connectivity index (χ0) is 24.1. The number of aromatic nitrogens is 3. The van der Waals surface area contributed by atoms with Gasteiger partial charge in [-0.3, -0.25) is 14.5 Å². The van der Waals surface area contributed by atoms with Crippen molar-refractivity contribution in [2.75, 3.05) is 18.5 Å². The number of fused-ring (bicyclic) bond motifs is 1. The van der Waals surface area contributed by atoms with Crippen molar-refractivity contribution < 1.29 is 22.7 Å². The molecule has 11 nitrogen and oxygen atoms in total. The van der Waals surface area contributed by atoms with Gasteiger partial charge in [-0.1, -0.05) is 12.5 Å². The predicted octanol–water partition coefficient (Wildman–Crippen LogP) is 2.08. The summed E-state index contributed by atoms with van der Waals surface area (Å²) >= 11 is 0. The zero-order valence-electron chi connectivity index (χ0n) is 18.5. The van der Waals surface area contributed by atoms with Crippen LogP contribution in [-0.2, 0) is 19.6 Å². The maximum Gasteiger partial charge on any atom is 0.344 e. The van der Waals surface area contributed by atoms with E-state index in [1.54, 1.807) is 25.3 Å². The number of rotatable bonds is 6. The Hall–Kier alpha value is -3.80. The lowest BCUT2D eigenvalue weighted by Crippen LogP contribution is -2.30. The number of ether oxygens (including phenoxy) is 1. The number of carbonyl (C=O) groups excluding carboxylic acids is 2. The molecule has 1 aliphatic heterocycles. The van der Waals surface area contributed by atoms with E-state index in [0.717, 1.165) is 19.3 Å². The van der Waals surface area contributed by atoms with Crippen LogP contribution in [0.1, 0.15) is 41.7 Å². The van der Waals surface area contributed by atoms with Crippen LogP contribution in [-0.4, -0.2) is 53.9 Å². The van der Waals surface area contributed by atoms with Crippen molar-refractivity contribution in [2.45, 2.75) is 37.5 Å². The molecule has 178 valence electrons. The Bertz CT molecular complexity index is 1370. The van der Waals surface area contributed by atoms with Crippen molar-refractivity contribution in [3.63, 3.8) is 0 Å². The third kappa shape index (κ3) is 5.39. The minimum absolute atomic E-state index is 0.0118. The Morgan fingerprint density at radius 2 is 2.03 bits per heavy atom. The first-order chi connectivity index (χ1) is 16.3. The average Bonchev–Trinajstić information content (AvgIpc) is 2.95. The lowest BCUT2D eigenvalue weighted by Gasteiger charge is -2.11. The first kappa shape index (κ1) is 23.4. The van der Waals surface area contributed by atoms with Crippen LogP contribution in [0, 0.1) is 6.92 Å². The minimum atomic E-state index is -3.85. The van der Waals surface area contributed by atoms with Gasteiger partial charge in [-0.2, -0.15) is 5.10 Å². The number of benzene rings is 1. The number of esters is 1. The highest BCUT2D eigenvalue weighted by Crippen LogP contribution is 2.17. The van der Waals surface area contributed by atoms with Crippen molar-refractivity contribution in [3.8, 4) is 0 Å². The van der Waals surface area contributed by atoms with Crippen LogP contribution in [0.5, 0.6) is 0 Å². The second kappa shape index (κ2) is 10.00. The number of amides is 1. The van der Waals surface area contributed by atoms with Gasteiger partial charge in [0.1, 0.15) is 11.4 Å². The monoisotopic (exact) mass is 484 g/mol. The minimum Gasteiger partial charge on any atom is -0.452 e. The van der Waals surface area contributed by atoms with E-state index in [2.05, 4.69) is 25.1 Å². The number of amidine groups is 1. The van der Waals surface area contributed by atoms with Gasteiger partial charge in [0.05, 0.1) is 10.6 Å². The SMILES string of the molecule is Cc1nn2cccnc2c1C(=O)OCC(=O)Nc1cccc(S(=O)(=O)NC2=NCCCCC2)c1. The molecule has 0 unspecified atom stereocenters. The highest BCUT2D eigenvalue weighted by molar-refractivity contribution is 7.90. The van der Waals surface area contributed by atoms with Gasteiger partial charge >= 0.3 is 5.97 Å². The molecule has 4 rings (SSSR count). The van der Waals surface area contributed by atoms with E-state index >= 15 is 0 Å². The quantitative estimate of drug-likeness (QED) is 0.510. The van der Waals surface area contributed by atoms with Gasteiger partial charge in [-0.15, -0.1) is 0 Å².